The van der Waals surface area contributed by atoms with Gasteiger partial charge in [0.1, 0.15) is 12.7 Å². The summed E-state index contributed by atoms with van der Waals surface area (Å²) >= 11 is 5.37. The van der Waals surface area contributed by atoms with E-state index in [4.69, 9.17) is 21.7 Å². The molecule has 2 N–H and O–H groups in total. The molecule has 0 saturated heterocycles. The molecule has 0 amide bonds. The number of anilines is 1. The van der Waals surface area contributed by atoms with Gasteiger partial charge in [0.05, 0.1) is 6.54 Å². The van der Waals surface area contributed by atoms with Crippen molar-refractivity contribution in [3.8, 4) is 11.5 Å². The van der Waals surface area contributed by atoms with E-state index in [1.807, 2.05) is 24.3 Å². The SMILES string of the molecule is Cc1ccc(C)c(NC(=S)NC[C@@H]2COc3ccccc3O2)c1. The fourth-order valence-corrected chi connectivity index (χ4v) is 2.60. The van der Waals surface area contributed by atoms with Gasteiger partial charge in [0.15, 0.2) is 16.6 Å². The molecule has 0 spiro atoms. The Hall–Kier alpha value is -2.27. The van der Waals surface area contributed by atoms with Crippen molar-refractivity contribution in [3.63, 3.8) is 0 Å². The van der Waals surface area contributed by atoms with Crippen LogP contribution in [0, 0.1) is 13.8 Å². The molecule has 0 radical (unpaired) electrons. The summed E-state index contributed by atoms with van der Waals surface area (Å²) in [4.78, 5) is 0. The molecule has 1 aliphatic rings. The van der Waals surface area contributed by atoms with Crippen molar-refractivity contribution in [1.29, 1.82) is 0 Å². The Morgan fingerprint density at radius 1 is 1.17 bits per heavy atom. The molecule has 0 aromatic heterocycles. The summed E-state index contributed by atoms with van der Waals surface area (Å²) in [7, 11) is 0. The summed E-state index contributed by atoms with van der Waals surface area (Å²) in [6, 6.07) is 13.9. The van der Waals surface area contributed by atoms with Gasteiger partial charge >= 0.3 is 0 Å². The maximum atomic E-state index is 5.90. The van der Waals surface area contributed by atoms with Crippen LogP contribution in [-0.2, 0) is 0 Å². The summed E-state index contributed by atoms with van der Waals surface area (Å²) in [5.41, 5.74) is 3.38. The number of rotatable bonds is 3. The predicted molar refractivity (Wildman–Crippen MR) is 96.5 cm³/mol. The van der Waals surface area contributed by atoms with Crippen molar-refractivity contribution < 1.29 is 9.47 Å². The molecule has 2 aromatic carbocycles. The molecule has 5 heteroatoms. The van der Waals surface area contributed by atoms with E-state index in [0.717, 1.165) is 22.7 Å². The summed E-state index contributed by atoms with van der Waals surface area (Å²) in [5, 5.41) is 7.01. The van der Waals surface area contributed by atoms with Gasteiger partial charge in [-0.15, -0.1) is 0 Å². The standard InChI is InChI=1S/C18H20N2O2S/c1-12-7-8-13(2)15(9-12)20-18(23)19-10-14-11-21-16-5-3-4-6-17(16)22-14/h3-9,14H,10-11H2,1-2H3,(H2,19,20,23)/t14-/m1/s1. The molecular formula is C18H20N2O2S. The highest BCUT2D eigenvalue weighted by atomic mass is 32.1. The average Bonchev–Trinajstić information content (AvgIpc) is 2.56. The zero-order chi connectivity index (χ0) is 16.2. The Morgan fingerprint density at radius 2 is 1.96 bits per heavy atom. The van der Waals surface area contributed by atoms with Crippen molar-refractivity contribution in [2.45, 2.75) is 20.0 Å². The largest absolute Gasteiger partial charge is 0.486 e. The van der Waals surface area contributed by atoms with Gasteiger partial charge in [0, 0.05) is 5.69 Å². The lowest BCUT2D eigenvalue weighted by Crippen LogP contribution is -2.42. The maximum Gasteiger partial charge on any atom is 0.170 e. The van der Waals surface area contributed by atoms with Crippen molar-refractivity contribution in [1.82, 2.24) is 5.32 Å². The number of benzene rings is 2. The van der Waals surface area contributed by atoms with Crippen LogP contribution in [-0.4, -0.2) is 24.4 Å². The van der Waals surface area contributed by atoms with Crippen LogP contribution in [0.15, 0.2) is 42.5 Å². The number of ether oxygens (including phenoxy) is 2. The first kappa shape index (κ1) is 15.6. The first-order valence-corrected chi connectivity index (χ1v) is 8.03. The molecule has 0 unspecified atom stereocenters. The fourth-order valence-electron chi connectivity index (χ4n) is 2.41. The highest BCUT2D eigenvalue weighted by molar-refractivity contribution is 7.80. The van der Waals surface area contributed by atoms with Crippen LogP contribution in [0.3, 0.4) is 0 Å². The van der Waals surface area contributed by atoms with Crippen LogP contribution in [0.2, 0.25) is 0 Å². The molecule has 0 fully saturated rings. The molecule has 1 aliphatic heterocycles. The normalized spacial score (nSPS) is 15.8. The molecule has 3 rings (SSSR count). The number of aryl methyl sites for hydroxylation is 2. The van der Waals surface area contributed by atoms with Gasteiger partial charge in [-0.25, -0.2) is 0 Å². The number of hydrogen-bond acceptors (Lipinski definition) is 3. The molecule has 0 saturated carbocycles. The van der Waals surface area contributed by atoms with Crippen molar-refractivity contribution in [2.24, 2.45) is 0 Å². The highest BCUT2D eigenvalue weighted by Gasteiger charge is 2.20. The lowest BCUT2D eigenvalue weighted by molar-refractivity contribution is 0.0939. The Labute approximate surface area is 141 Å². The Kier molecular flexibility index (Phi) is 4.67. The lowest BCUT2D eigenvalue weighted by atomic mass is 10.1. The van der Waals surface area contributed by atoms with E-state index in [9.17, 15) is 0 Å². The van der Waals surface area contributed by atoms with E-state index in [-0.39, 0.29) is 6.10 Å². The maximum absolute atomic E-state index is 5.90. The second-order valence-electron chi connectivity index (χ2n) is 5.65. The molecule has 23 heavy (non-hydrogen) atoms. The van der Waals surface area contributed by atoms with Gasteiger partial charge in [0.25, 0.3) is 0 Å². The molecule has 2 aromatic rings. The fraction of sp³-hybridized carbons (Fsp3) is 0.278. The minimum absolute atomic E-state index is 0.0664. The number of nitrogens with one attached hydrogen (secondary N) is 2. The van der Waals surface area contributed by atoms with Crippen molar-refractivity contribution >= 4 is 23.0 Å². The van der Waals surface area contributed by atoms with Gasteiger partial charge in [-0.3, -0.25) is 0 Å². The quantitative estimate of drug-likeness (QED) is 0.845. The monoisotopic (exact) mass is 328 g/mol. The van der Waals surface area contributed by atoms with Gasteiger partial charge in [0.2, 0.25) is 0 Å². The molecule has 1 heterocycles. The van der Waals surface area contributed by atoms with Crippen LogP contribution in [0.25, 0.3) is 0 Å². The second-order valence-corrected chi connectivity index (χ2v) is 6.06. The first-order valence-electron chi connectivity index (χ1n) is 7.62. The second kappa shape index (κ2) is 6.87. The Bertz CT molecular complexity index is 718. The lowest BCUT2D eigenvalue weighted by Gasteiger charge is -2.27. The van der Waals surface area contributed by atoms with Gasteiger partial charge < -0.3 is 20.1 Å². The molecule has 1 atom stereocenters. The molecule has 120 valence electrons. The topological polar surface area (TPSA) is 42.5 Å². The van der Waals surface area contributed by atoms with Crippen LogP contribution >= 0.6 is 12.2 Å². The minimum atomic E-state index is -0.0664. The summed E-state index contributed by atoms with van der Waals surface area (Å²) in [6.07, 6.45) is -0.0664. The average molecular weight is 328 g/mol. The number of para-hydroxylation sites is 2. The van der Waals surface area contributed by atoms with Crippen LogP contribution < -0.4 is 20.1 Å². The zero-order valence-corrected chi connectivity index (χ0v) is 14.1. The van der Waals surface area contributed by atoms with E-state index < -0.39 is 0 Å². The number of hydrogen-bond donors (Lipinski definition) is 2. The van der Waals surface area contributed by atoms with Crippen molar-refractivity contribution in [2.75, 3.05) is 18.5 Å². The minimum Gasteiger partial charge on any atom is -0.486 e. The van der Waals surface area contributed by atoms with Crippen LogP contribution in [0.4, 0.5) is 5.69 Å². The zero-order valence-electron chi connectivity index (χ0n) is 13.3. The van der Waals surface area contributed by atoms with E-state index >= 15 is 0 Å². The third kappa shape index (κ3) is 3.93. The summed E-state index contributed by atoms with van der Waals surface area (Å²) < 4.78 is 11.6. The van der Waals surface area contributed by atoms with Gasteiger partial charge in [-0.05, 0) is 55.4 Å². The van der Waals surface area contributed by atoms with E-state index in [1.54, 1.807) is 0 Å². The number of thiocarbonyl (C=S) groups is 1. The highest BCUT2D eigenvalue weighted by Crippen LogP contribution is 2.30. The third-order valence-electron chi connectivity index (χ3n) is 3.70. The summed E-state index contributed by atoms with van der Waals surface area (Å²) in [5.74, 6) is 1.57. The predicted octanol–water partition coefficient (Wildman–Crippen LogP) is 3.43. The van der Waals surface area contributed by atoms with Gasteiger partial charge in [-0.2, -0.15) is 0 Å². The Balaban J connectivity index is 1.53. The molecule has 0 aliphatic carbocycles. The van der Waals surface area contributed by atoms with E-state index in [0.29, 0.717) is 18.3 Å². The van der Waals surface area contributed by atoms with Gasteiger partial charge in [-0.1, -0.05) is 24.3 Å². The van der Waals surface area contributed by atoms with Crippen LogP contribution in [0.1, 0.15) is 11.1 Å². The van der Waals surface area contributed by atoms with Crippen LogP contribution in [0.5, 0.6) is 11.5 Å². The molecule has 0 bridgehead atoms. The first-order chi connectivity index (χ1) is 11.1. The third-order valence-corrected chi connectivity index (χ3v) is 3.95. The Morgan fingerprint density at radius 3 is 2.78 bits per heavy atom. The van der Waals surface area contributed by atoms with E-state index in [2.05, 4.69) is 42.7 Å². The smallest absolute Gasteiger partial charge is 0.170 e. The number of fused-ring (bicyclic) bond motifs is 1. The van der Waals surface area contributed by atoms with E-state index in [1.165, 1.54) is 5.56 Å². The molecular weight excluding hydrogens is 308 g/mol. The summed E-state index contributed by atoms with van der Waals surface area (Å²) in [6.45, 7) is 5.21. The molecule has 4 nitrogen and oxygen atoms in total. The van der Waals surface area contributed by atoms with Crippen molar-refractivity contribution in [3.05, 3.63) is 53.6 Å².